The van der Waals surface area contributed by atoms with Crippen LogP contribution in [0.25, 0.3) is 33.0 Å². The SMILES string of the molecule is CC1C=CC=CC1c1cc(-c2cc(C=N)c(N)c(-c3ccc4ccccc4c3)c2)ccc1O. The molecular weight excluding hydrogens is 404 g/mol. The minimum absolute atomic E-state index is 0.117. The Kier molecular flexibility index (Phi) is 5.31. The van der Waals surface area contributed by atoms with Crippen molar-refractivity contribution in [1.29, 1.82) is 5.41 Å². The Labute approximate surface area is 194 Å². The molecule has 3 heteroatoms. The van der Waals surface area contributed by atoms with E-state index < -0.39 is 0 Å². The van der Waals surface area contributed by atoms with Crippen molar-refractivity contribution in [3.05, 3.63) is 108 Å². The monoisotopic (exact) mass is 430 g/mol. The molecule has 0 amide bonds. The lowest BCUT2D eigenvalue weighted by molar-refractivity contribution is 0.459. The van der Waals surface area contributed by atoms with Gasteiger partial charge in [0.15, 0.2) is 0 Å². The summed E-state index contributed by atoms with van der Waals surface area (Å²) in [6.07, 6.45) is 9.68. The Morgan fingerprint density at radius 1 is 0.818 bits per heavy atom. The van der Waals surface area contributed by atoms with Crippen LogP contribution in [-0.4, -0.2) is 11.3 Å². The number of nitrogens with one attached hydrogen (secondary N) is 1. The summed E-state index contributed by atoms with van der Waals surface area (Å²) in [5.41, 5.74) is 12.6. The number of phenols is 1. The highest BCUT2D eigenvalue weighted by atomic mass is 16.3. The van der Waals surface area contributed by atoms with Gasteiger partial charge < -0.3 is 16.2 Å². The first-order valence-electron chi connectivity index (χ1n) is 11.2. The number of nitrogens with two attached hydrogens (primary N) is 1. The second kappa shape index (κ2) is 8.44. The molecule has 3 nitrogen and oxygen atoms in total. The summed E-state index contributed by atoms with van der Waals surface area (Å²) >= 11 is 0. The van der Waals surface area contributed by atoms with Gasteiger partial charge in [-0.25, -0.2) is 0 Å². The highest BCUT2D eigenvalue weighted by Crippen LogP contribution is 2.40. The number of hydrogen-bond donors (Lipinski definition) is 3. The predicted octanol–water partition coefficient (Wildman–Crippen LogP) is 7.30. The zero-order valence-corrected chi connectivity index (χ0v) is 18.5. The molecule has 1 aliphatic rings. The topological polar surface area (TPSA) is 70.1 Å². The Hall–Kier alpha value is -4.11. The van der Waals surface area contributed by atoms with Crippen LogP contribution in [0.3, 0.4) is 0 Å². The summed E-state index contributed by atoms with van der Waals surface area (Å²) in [7, 11) is 0. The molecule has 5 rings (SSSR count). The highest BCUT2D eigenvalue weighted by Gasteiger charge is 2.20. The van der Waals surface area contributed by atoms with E-state index in [0.717, 1.165) is 33.2 Å². The number of phenolic OH excluding ortho intramolecular Hbond substituents is 1. The maximum absolute atomic E-state index is 10.6. The zero-order valence-electron chi connectivity index (χ0n) is 18.5. The van der Waals surface area contributed by atoms with E-state index in [9.17, 15) is 5.11 Å². The average molecular weight is 431 g/mol. The van der Waals surface area contributed by atoms with Gasteiger partial charge in [0.25, 0.3) is 0 Å². The van der Waals surface area contributed by atoms with Gasteiger partial charge in [-0.1, -0.05) is 73.7 Å². The van der Waals surface area contributed by atoms with Crippen LogP contribution in [0.5, 0.6) is 5.75 Å². The van der Waals surface area contributed by atoms with Crippen molar-refractivity contribution in [3.63, 3.8) is 0 Å². The quantitative estimate of drug-likeness (QED) is 0.235. The van der Waals surface area contributed by atoms with Crippen LogP contribution in [-0.2, 0) is 0 Å². The Balaban J connectivity index is 1.65. The second-order valence-electron chi connectivity index (χ2n) is 8.66. The van der Waals surface area contributed by atoms with Crippen LogP contribution < -0.4 is 5.73 Å². The first kappa shape index (κ1) is 20.8. The fourth-order valence-corrected chi connectivity index (χ4v) is 4.66. The molecule has 0 heterocycles. The third-order valence-electron chi connectivity index (χ3n) is 6.56. The van der Waals surface area contributed by atoms with Gasteiger partial charge in [-0.15, -0.1) is 0 Å². The molecule has 2 atom stereocenters. The third-order valence-corrected chi connectivity index (χ3v) is 6.56. The molecule has 4 aromatic carbocycles. The second-order valence-corrected chi connectivity index (χ2v) is 8.66. The lowest BCUT2D eigenvalue weighted by atomic mass is 9.82. The molecule has 0 aromatic heterocycles. The first-order chi connectivity index (χ1) is 16.0. The van der Waals surface area contributed by atoms with Gasteiger partial charge in [0, 0.05) is 34.5 Å². The van der Waals surface area contributed by atoms with Gasteiger partial charge in [0.1, 0.15) is 5.75 Å². The van der Waals surface area contributed by atoms with E-state index in [1.807, 2.05) is 36.4 Å². The smallest absolute Gasteiger partial charge is 0.119 e. The van der Waals surface area contributed by atoms with Crippen molar-refractivity contribution in [3.8, 4) is 28.0 Å². The standard InChI is InChI=1S/C30H26N2O/c1-19-6-2-5-9-26(19)28-16-22(12-13-29(28)33)24-15-25(18-31)30(32)27(17-24)23-11-10-20-7-3-4-8-21(20)14-23/h2-19,26,31,33H,32H2,1H3. The Morgan fingerprint density at radius 2 is 1.58 bits per heavy atom. The molecule has 0 bridgehead atoms. The van der Waals surface area contributed by atoms with Crippen molar-refractivity contribution >= 4 is 22.7 Å². The summed E-state index contributed by atoms with van der Waals surface area (Å²) in [5, 5.41) is 20.9. The Bertz CT molecular complexity index is 1430. The average Bonchev–Trinajstić information content (AvgIpc) is 2.85. The lowest BCUT2D eigenvalue weighted by Gasteiger charge is -2.22. The van der Waals surface area contributed by atoms with E-state index in [1.54, 1.807) is 6.07 Å². The van der Waals surface area contributed by atoms with Crippen LogP contribution in [0.1, 0.15) is 24.0 Å². The molecule has 1 aliphatic carbocycles. The van der Waals surface area contributed by atoms with Crippen LogP contribution in [0.15, 0.2) is 97.1 Å². The minimum Gasteiger partial charge on any atom is -0.508 e. The number of rotatable bonds is 4. The van der Waals surface area contributed by atoms with Crippen LogP contribution in [0, 0.1) is 11.3 Å². The van der Waals surface area contributed by atoms with Crippen molar-refractivity contribution in [2.75, 3.05) is 5.73 Å². The molecule has 0 saturated heterocycles. The molecule has 0 fully saturated rings. The van der Waals surface area contributed by atoms with Crippen LogP contribution >= 0.6 is 0 Å². The summed E-state index contributed by atoms with van der Waals surface area (Å²) in [4.78, 5) is 0. The van der Waals surface area contributed by atoms with Gasteiger partial charge in [-0.3, -0.25) is 0 Å². The maximum Gasteiger partial charge on any atom is 0.119 e. The number of benzene rings is 4. The molecular formula is C30H26N2O. The van der Waals surface area contributed by atoms with Crippen molar-refractivity contribution in [2.45, 2.75) is 12.8 Å². The fourth-order valence-electron chi connectivity index (χ4n) is 4.66. The molecule has 162 valence electrons. The largest absolute Gasteiger partial charge is 0.508 e. The van der Waals surface area contributed by atoms with Crippen LogP contribution in [0.2, 0.25) is 0 Å². The number of anilines is 1. The summed E-state index contributed by atoms with van der Waals surface area (Å²) < 4.78 is 0. The van der Waals surface area contributed by atoms with E-state index in [2.05, 4.69) is 61.5 Å². The fraction of sp³-hybridized carbons (Fsp3) is 0.100. The molecule has 0 aliphatic heterocycles. The van der Waals surface area contributed by atoms with Crippen molar-refractivity contribution < 1.29 is 5.11 Å². The maximum atomic E-state index is 10.6. The van der Waals surface area contributed by atoms with Crippen LogP contribution in [0.4, 0.5) is 5.69 Å². The van der Waals surface area contributed by atoms with E-state index in [0.29, 0.717) is 22.9 Å². The minimum atomic E-state index is 0.117. The van der Waals surface area contributed by atoms with Crippen molar-refractivity contribution in [2.24, 2.45) is 5.92 Å². The van der Waals surface area contributed by atoms with Gasteiger partial charge in [0.05, 0.1) is 0 Å². The molecule has 2 unspecified atom stereocenters. The normalized spacial score (nSPS) is 17.4. The number of nitrogen functional groups attached to an aromatic ring is 1. The van der Waals surface area contributed by atoms with E-state index in [4.69, 9.17) is 11.1 Å². The third kappa shape index (κ3) is 3.83. The summed E-state index contributed by atoms with van der Waals surface area (Å²) in [6.45, 7) is 2.16. The Morgan fingerprint density at radius 3 is 2.36 bits per heavy atom. The number of aromatic hydroxyl groups is 1. The number of hydrogen-bond acceptors (Lipinski definition) is 3. The molecule has 0 radical (unpaired) electrons. The van der Waals surface area contributed by atoms with E-state index in [1.165, 1.54) is 11.6 Å². The van der Waals surface area contributed by atoms with Gasteiger partial charge >= 0.3 is 0 Å². The van der Waals surface area contributed by atoms with Gasteiger partial charge in [-0.05, 0) is 63.7 Å². The summed E-state index contributed by atoms with van der Waals surface area (Å²) in [6, 6.07) is 24.4. The molecule has 33 heavy (non-hydrogen) atoms. The van der Waals surface area contributed by atoms with Gasteiger partial charge in [-0.2, -0.15) is 0 Å². The molecule has 4 N–H and O–H groups in total. The molecule has 0 saturated carbocycles. The van der Waals surface area contributed by atoms with Crippen molar-refractivity contribution in [1.82, 2.24) is 0 Å². The first-order valence-corrected chi connectivity index (χ1v) is 11.2. The van der Waals surface area contributed by atoms with Gasteiger partial charge in [0.2, 0.25) is 0 Å². The number of fused-ring (bicyclic) bond motifs is 1. The van der Waals surface area contributed by atoms with E-state index >= 15 is 0 Å². The predicted molar refractivity (Wildman–Crippen MR) is 139 cm³/mol. The highest BCUT2D eigenvalue weighted by molar-refractivity contribution is 5.97. The number of allylic oxidation sites excluding steroid dienone is 4. The lowest BCUT2D eigenvalue weighted by Crippen LogP contribution is -2.07. The van der Waals surface area contributed by atoms with E-state index in [-0.39, 0.29) is 5.92 Å². The summed E-state index contributed by atoms with van der Waals surface area (Å²) in [5.74, 6) is 0.715. The zero-order chi connectivity index (χ0) is 22.9. The molecule has 4 aromatic rings. The molecule has 0 spiro atoms.